The van der Waals surface area contributed by atoms with Crippen molar-refractivity contribution in [2.45, 2.75) is 58.8 Å². The predicted octanol–water partition coefficient (Wildman–Crippen LogP) is 6.70. The maximum absolute atomic E-state index is 6.57. The van der Waals surface area contributed by atoms with Crippen LogP contribution < -0.4 is 21.8 Å². The van der Waals surface area contributed by atoms with Crippen LogP contribution in [-0.4, -0.2) is 7.28 Å². The lowest BCUT2D eigenvalue weighted by atomic mass is 9.42. The van der Waals surface area contributed by atoms with Crippen molar-refractivity contribution in [1.29, 1.82) is 0 Å². The van der Waals surface area contributed by atoms with Gasteiger partial charge in [0, 0.05) is 6.54 Å². The fourth-order valence-corrected chi connectivity index (χ4v) is 4.53. The molecule has 2 unspecified atom stereocenters. The van der Waals surface area contributed by atoms with Crippen LogP contribution in [0.1, 0.15) is 63.6 Å². The first kappa shape index (κ1) is 27.8. The van der Waals surface area contributed by atoms with Crippen molar-refractivity contribution in [2.75, 3.05) is 0 Å². The van der Waals surface area contributed by atoms with Crippen LogP contribution in [0.25, 0.3) is 11.1 Å². The van der Waals surface area contributed by atoms with Gasteiger partial charge in [-0.05, 0) is 38.5 Å². The molecule has 0 aliphatic carbocycles. The van der Waals surface area contributed by atoms with Gasteiger partial charge in [-0.25, -0.2) is 0 Å². The first-order valence-electron chi connectivity index (χ1n) is 13.7. The average molecular weight is 504 g/mol. The summed E-state index contributed by atoms with van der Waals surface area (Å²) in [5, 5.41) is 7.47. The van der Waals surface area contributed by atoms with E-state index in [2.05, 4.69) is 130 Å². The summed E-state index contributed by atoms with van der Waals surface area (Å²) in [5.41, 5.74) is 14.1. The SMILES string of the molecule is CC(C)(C)C(C)(C)Bc1cccc(-c2ccc(C(NCc3ccccc3)NC(N)c3ccccc3)cc2)c1. The molecular formula is C34H42BN3. The Balaban J connectivity index is 1.54. The van der Waals surface area contributed by atoms with Crippen molar-refractivity contribution in [2.24, 2.45) is 11.1 Å². The van der Waals surface area contributed by atoms with E-state index in [0.29, 0.717) is 0 Å². The first-order valence-corrected chi connectivity index (χ1v) is 13.7. The maximum atomic E-state index is 6.57. The minimum atomic E-state index is -0.285. The molecule has 0 spiro atoms. The molecule has 0 aliphatic rings. The third-order valence-corrected chi connectivity index (χ3v) is 8.04. The molecule has 4 aromatic carbocycles. The molecule has 0 saturated heterocycles. The molecule has 196 valence electrons. The topological polar surface area (TPSA) is 50.1 Å². The summed E-state index contributed by atoms with van der Waals surface area (Å²) in [4.78, 5) is 0. The van der Waals surface area contributed by atoms with Crippen molar-refractivity contribution in [3.05, 3.63) is 126 Å². The van der Waals surface area contributed by atoms with Gasteiger partial charge in [-0.1, -0.05) is 149 Å². The van der Waals surface area contributed by atoms with Crippen LogP contribution in [0, 0.1) is 5.41 Å². The summed E-state index contributed by atoms with van der Waals surface area (Å²) in [6.45, 7) is 12.5. The number of rotatable bonds is 10. The Morgan fingerprint density at radius 3 is 1.95 bits per heavy atom. The van der Waals surface area contributed by atoms with E-state index < -0.39 is 0 Å². The number of benzene rings is 4. The van der Waals surface area contributed by atoms with Crippen molar-refractivity contribution < 1.29 is 0 Å². The van der Waals surface area contributed by atoms with E-state index in [0.717, 1.165) is 25.0 Å². The van der Waals surface area contributed by atoms with E-state index in [1.54, 1.807) is 0 Å². The lowest BCUT2D eigenvalue weighted by Gasteiger charge is -2.38. The first-order chi connectivity index (χ1) is 18.1. The van der Waals surface area contributed by atoms with E-state index >= 15 is 0 Å². The number of nitrogens with one attached hydrogen (secondary N) is 2. The zero-order valence-electron chi connectivity index (χ0n) is 23.5. The van der Waals surface area contributed by atoms with E-state index in [4.69, 9.17) is 5.73 Å². The quantitative estimate of drug-likeness (QED) is 0.167. The molecule has 0 fully saturated rings. The van der Waals surface area contributed by atoms with Gasteiger partial charge in [0.1, 0.15) is 0 Å². The van der Waals surface area contributed by atoms with Gasteiger partial charge in [0.15, 0.2) is 7.28 Å². The van der Waals surface area contributed by atoms with Crippen LogP contribution in [0.2, 0.25) is 5.31 Å². The average Bonchev–Trinajstić information content (AvgIpc) is 2.91. The minimum absolute atomic E-state index is 0.0987. The highest BCUT2D eigenvalue weighted by atomic mass is 15.2. The summed E-state index contributed by atoms with van der Waals surface area (Å²) in [7, 11) is 1.05. The molecule has 0 radical (unpaired) electrons. The molecule has 2 atom stereocenters. The summed E-state index contributed by atoms with van der Waals surface area (Å²) < 4.78 is 0. The molecule has 4 aromatic rings. The van der Waals surface area contributed by atoms with Gasteiger partial charge in [-0.2, -0.15) is 0 Å². The molecule has 0 bridgehead atoms. The van der Waals surface area contributed by atoms with E-state index in [-0.39, 0.29) is 23.1 Å². The molecule has 0 heterocycles. The third-order valence-electron chi connectivity index (χ3n) is 8.04. The van der Waals surface area contributed by atoms with Crippen LogP contribution >= 0.6 is 0 Å². The minimum Gasteiger partial charge on any atom is -0.312 e. The van der Waals surface area contributed by atoms with Gasteiger partial charge in [0.2, 0.25) is 0 Å². The summed E-state index contributed by atoms with van der Waals surface area (Å²) in [6, 6.07) is 38.5. The second-order valence-electron chi connectivity index (χ2n) is 12.0. The second-order valence-corrected chi connectivity index (χ2v) is 12.0. The highest BCUT2D eigenvalue weighted by molar-refractivity contribution is 6.57. The molecule has 4 rings (SSSR count). The standard InChI is InChI=1S/C34H42BN3/c1-33(2,3)34(4,5)35-30-18-12-17-29(23-30)26-19-21-28(22-20-26)32(37-24-25-13-8-6-9-14-25)38-31(36)27-15-10-7-11-16-27/h6-23,31-32,35,37-38H,24,36H2,1-5H3. The Hall–Kier alpha value is -3.18. The van der Waals surface area contributed by atoms with E-state index in [1.807, 2.05) is 24.3 Å². The fourth-order valence-electron chi connectivity index (χ4n) is 4.53. The van der Waals surface area contributed by atoms with Crippen LogP contribution in [0.15, 0.2) is 109 Å². The number of hydrogen-bond acceptors (Lipinski definition) is 3. The number of nitrogens with two attached hydrogens (primary N) is 1. The molecule has 4 heteroatoms. The van der Waals surface area contributed by atoms with Crippen molar-refractivity contribution in [3.8, 4) is 11.1 Å². The molecule has 4 N–H and O–H groups in total. The molecule has 0 saturated carbocycles. The third kappa shape index (κ3) is 7.23. The number of hydrogen-bond donors (Lipinski definition) is 3. The van der Waals surface area contributed by atoms with Gasteiger partial charge < -0.3 is 5.73 Å². The second kappa shape index (κ2) is 12.1. The van der Waals surface area contributed by atoms with E-state index in [9.17, 15) is 0 Å². The van der Waals surface area contributed by atoms with Gasteiger partial charge in [0.25, 0.3) is 0 Å². The Kier molecular flexibility index (Phi) is 8.89. The monoisotopic (exact) mass is 503 g/mol. The fraction of sp³-hybridized carbons (Fsp3) is 0.294. The molecule has 3 nitrogen and oxygen atoms in total. The van der Waals surface area contributed by atoms with Crippen molar-refractivity contribution >= 4 is 12.7 Å². The molecular weight excluding hydrogens is 461 g/mol. The van der Waals surface area contributed by atoms with Crippen LogP contribution in [0.3, 0.4) is 0 Å². The van der Waals surface area contributed by atoms with Crippen molar-refractivity contribution in [1.82, 2.24) is 10.6 Å². The summed E-state index contributed by atoms with van der Waals surface area (Å²) in [6.07, 6.45) is -0.384. The Morgan fingerprint density at radius 2 is 1.32 bits per heavy atom. The molecule has 0 amide bonds. The molecule has 0 aliphatic heterocycles. The van der Waals surface area contributed by atoms with Crippen LogP contribution in [-0.2, 0) is 6.54 Å². The van der Waals surface area contributed by atoms with Gasteiger partial charge in [-0.3, -0.25) is 10.6 Å². The van der Waals surface area contributed by atoms with Gasteiger partial charge in [0.05, 0.1) is 12.3 Å². The van der Waals surface area contributed by atoms with Crippen molar-refractivity contribution in [3.63, 3.8) is 0 Å². The predicted molar refractivity (Wildman–Crippen MR) is 165 cm³/mol. The Morgan fingerprint density at radius 1 is 0.684 bits per heavy atom. The van der Waals surface area contributed by atoms with Crippen LogP contribution in [0.5, 0.6) is 0 Å². The largest absolute Gasteiger partial charge is 0.312 e. The lowest BCUT2D eigenvalue weighted by molar-refractivity contribution is 0.300. The van der Waals surface area contributed by atoms with Crippen LogP contribution in [0.4, 0.5) is 0 Å². The zero-order chi connectivity index (χ0) is 27.2. The van der Waals surface area contributed by atoms with Gasteiger partial charge in [-0.15, -0.1) is 0 Å². The smallest absolute Gasteiger partial charge is 0.164 e. The van der Waals surface area contributed by atoms with Gasteiger partial charge >= 0.3 is 0 Å². The van der Waals surface area contributed by atoms with E-state index in [1.165, 1.54) is 22.2 Å². The zero-order valence-corrected chi connectivity index (χ0v) is 23.5. The Bertz CT molecular complexity index is 1280. The normalized spacial score (nSPS) is 13.6. The Labute approximate surface area is 230 Å². The molecule has 38 heavy (non-hydrogen) atoms. The molecule has 0 aromatic heterocycles. The lowest BCUT2D eigenvalue weighted by Crippen LogP contribution is -2.39. The summed E-state index contributed by atoms with van der Waals surface area (Å²) in [5.74, 6) is 0. The summed E-state index contributed by atoms with van der Waals surface area (Å²) >= 11 is 0. The highest BCUT2D eigenvalue weighted by Gasteiger charge is 2.33. The maximum Gasteiger partial charge on any atom is 0.164 e. The highest BCUT2D eigenvalue weighted by Crippen LogP contribution is 2.43.